The number of rotatable bonds is 3. The van der Waals surface area contributed by atoms with E-state index in [2.05, 4.69) is 9.72 Å². The van der Waals surface area contributed by atoms with Gasteiger partial charge < -0.3 is 14.6 Å². The van der Waals surface area contributed by atoms with E-state index in [9.17, 15) is 23.1 Å². The van der Waals surface area contributed by atoms with Crippen molar-refractivity contribution in [1.82, 2.24) is 4.98 Å². The molecule has 82 valence electrons. The number of alkyl halides is 3. The van der Waals surface area contributed by atoms with E-state index in [1.165, 1.54) is 0 Å². The Labute approximate surface area is 111 Å². The van der Waals surface area contributed by atoms with Gasteiger partial charge in [0.15, 0.2) is 0 Å². The molecule has 0 bridgehead atoms. The third kappa shape index (κ3) is 5.94. The molecule has 1 heterocycles. The second kappa shape index (κ2) is 6.07. The second-order valence-electron chi connectivity index (χ2n) is 2.58. The van der Waals surface area contributed by atoms with Crippen LogP contribution in [0.4, 0.5) is 13.2 Å². The maximum atomic E-state index is 11.7. The fourth-order valence-corrected chi connectivity index (χ4v) is 0.857. The van der Waals surface area contributed by atoms with Gasteiger partial charge in [-0.1, -0.05) is 0 Å². The topological polar surface area (TPSA) is 62.2 Å². The second-order valence-corrected chi connectivity index (χ2v) is 2.58. The Balaban J connectivity index is 0.00000225. The molecule has 0 spiro atoms. The molecule has 0 N–H and O–H groups in total. The molecule has 1 aromatic heterocycles. The average molecular weight is 243 g/mol. The van der Waals surface area contributed by atoms with Gasteiger partial charge in [-0.2, -0.15) is 0 Å². The molecule has 0 aliphatic rings. The summed E-state index contributed by atoms with van der Waals surface area (Å²) in [6.07, 6.45) is -4.43. The van der Waals surface area contributed by atoms with Crippen molar-refractivity contribution in [2.24, 2.45) is 0 Å². The Kier molecular flexibility index (Phi) is 5.77. The van der Waals surface area contributed by atoms with E-state index < -0.39 is 24.5 Å². The Hall–Kier alpha value is -0.790. The first-order chi connectivity index (χ1) is 6.87. The molecule has 0 aliphatic heterocycles. The number of carboxylic acids is 1. The van der Waals surface area contributed by atoms with Gasteiger partial charge in [-0.15, -0.1) is 13.2 Å². The van der Waals surface area contributed by atoms with Gasteiger partial charge >= 0.3 is 35.9 Å². The fourth-order valence-electron chi connectivity index (χ4n) is 0.857. The van der Waals surface area contributed by atoms with Crippen LogP contribution in [0.2, 0.25) is 0 Å². The van der Waals surface area contributed by atoms with E-state index >= 15 is 0 Å². The van der Waals surface area contributed by atoms with Gasteiger partial charge in [0.2, 0.25) is 0 Å². The first kappa shape index (κ1) is 15.2. The number of hydrogen-bond donors (Lipinski definition) is 0. The van der Waals surface area contributed by atoms with Gasteiger partial charge in [-0.05, 0) is 12.1 Å². The van der Waals surface area contributed by atoms with Gasteiger partial charge in [0.1, 0.15) is 5.75 Å². The normalized spacial score (nSPS) is 10.4. The van der Waals surface area contributed by atoms with Crippen LogP contribution in [0.25, 0.3) is 0 Å². The fraction of sp³-hybridized carbons (Fsp3) is 0.250. The van der Waals surface area contributed by atoms with Crippen molar-refractivity contribution in [2.45, 2.75) is 12.8 Å². The van der Waals surface area contributed by atoms with Crippen molar-refractivity contribution < 1.29 is 57.4 Å². The number of carboxylic acid groups (broad SMARTS) is 1. The quantitative estimate of drug-likeness (QED) is 0.541. The van der Waals surface area contributed by atoms with Crippen LogP contribution < -0.4 is 39.4 Å². The molecular formula is C8H5F3NNaO3. The van der Waals surface area contributed by atoms with E-state index in [4.69, 9.17) is 0 Å². The number of nitrogens with zero attached hydrogens (tertiary/aromatic N) is 1. The number of ether oxygens (including phenoxy) is 1. The van der Waals surface area contributed by atoms with E-state index in [1.807, 2.05) is 0 Å². The summed E-state index contributed by atoms with van der Waals surface area (Å²) in [6.45, 7) is 0. The minimum Gasteiger partial charge on any atom is -0.550 e. The van der Waals surface area contributed by atoms with E-state index in [0.717, 1.165) is 18.3 Å². The van der Waals surface area contributed by atoms with Gasteiger partial charge in [-0.25, -0.2) is 0 Å². The third-order valence-electron chi connectivity index (χ3n) is 1.36. The van der Waals surface area contributed by atoms with Crippen LogP contribution in [0.5, 0.6) is 5.75 Å². The van der Waals surface area contributed by atoms with Crippen molar-refractivity contribution in [3.05, 3.63) is 24.0 Å². The molecule has 8 heteroatoms. The predicted octanol–water partition coefficient (Wildman–Crippen LogP) is -2.72. The zero-order valence-corrected chi connectivity index (χ0v) is 10.2. The van der Waals surface area contributed by atoms with Gasteiger partial charge in [0, 0.05) is 18.1 Å². The Morgan fingerprint density at radius 3 is 2.44 bits per heavy atom. The molecule has 0 radical (unpaired) electrons. The minimum atomic E-state index is -4.78. The van der Waals surface area contributed by atoms with Gasteiger partial charge in [0.25, 0.3) is 0 Å². The van der Waals surface area contributed by atoms with Crippen LogP contribution in [0.3, 0.4) is 0 Å². The molecule has 0 saturated carbocycles. The molecular weight excluding hydrogens is 238 g/mol. The summed E-state index contributed by atoms with van der Waals surface area (Å²) in [6, 6.07) is 2.11. The van der Waals surface area contributed by atoms with Gasteiger partial charge in [-0.3, -0.25) is 4.98 Å². The Morgan fingerprint density at radius 2 is 2.06 bits per heavy atom. The number of hydrogen-bond acceptors (Lipinski definition) is 4. The first-order valence-corrected chi connectivity index (χ1v) is 3.77. The van der Waals surface area contributed by atoms with Crippen molar-refractivity contribution in [3.63, 3.8) is 0 Å². The number of pyridine rings is 1. The summed E-state index contributed by atoms with van der Waals surface area (Å²) in [5, 5.41) is 10.1. The third-order valence-corrected chi connectivity index (χ3v) is 1.36. The largest absolute Gasteiger partial charge is 1.00 e. The van der Waals surface area contributed by atoms with Crippen molar-refractivity contribution >= 4 is 5.97 Å². The smallest absolute Gasteiger partial charge is 0.550 e. The van der Waals surface area contributed by atoms with Crippen LogP contribution in [-0.4, -0.2) is 17.3 Å². The van der Waals surface area contributed by atoms with E-state index in [1.54, 1.807) is 0 Å². The summed E-state index contributed by atoms with van der Waals surface area (Å²) < 4.78 is 38.6. The average Bonchev–Trinajstić information content (AvgIpc) is 2.05. The zero-order valence-electron chi connectivity index (χ0n) is 8.25. The molecule has 0 fully saturated rings. The molecule has 1 rings (SSSR count). The monoisotopic (exact) mass is 243 g/mol. The first-order valence-electron chi connectivity index (χ1n) is 3.77. The van der Waals surface area contributed by atoms with Crippen LogP contribution in [-0.2, 0) is 11.2 Å². The van der Waals surface area contributed by atoms with Crippen molar-refractivity contribution in [2.75, 3.05) is 0 Å². The molecule has 16 heavy (non-hydrogen) atoms. The molecule has 4 nitrogen and oxygen atoms in total. The molecule has 0 atom stereocenters. The number of carbonyl (C=O) groups is 1. The molecule has 0 aromatic carbocycles. The molecule has 0 saturated heterocycles. The van der Waals surface area contributed by atoms with Crippen LogP contribution >= 0.6 is 0 Å². The zero-order chi connectivity index (χ0) is 11.5. The van der Waals surface area contributed by atoms with Gasteiger partial charge in [0.05, 0.1) is 6.20 Å². The predicted molar refractivity (Wildman–Crippen MR) is 39.6 cm³/mol. The maximum Gasteiger partial charge on any atom is 1.00 e. The minimum absolute atomic E-state index is 0. The Bertz CT molecular complexity index is 353. The molecule has 0 unspecified atom stereocenters. The number of aliphatic carboxylic acids is 1. The summed E-state index contributed by atoms with van der Waals surface area (Å²) >= 11 is 0. The number of carbonyl (C=O) groups excluding carboxylic acids is 1. The molecule has 0 aliphatic carbocycles. The summed E-state index contributed by atoms with van der Waals surface area (Å²) in [5.41, 5.74) is 0.101. The summed E-state index contributed by atoms with van der Waals surface area (Å²) in [4.78, 5) is 13.6. The van der Waals surface area contributed by atoms with Crippen molar-refractivity contribution in [1.29, 1.82) is 0 Å². The van der Waals surface area contributed by atoms with E-state index in [-0.39, 0.29) is 35.3 Å². The SMILES string of the molecule is O=C([O-])Cc1ccc(OC(F)(F)F)cn1.[Na+]. The summed E-state index contributed by atoms with van der Waals surface area (Å²) in [7, 11) is 0. The van der Waals surface area contributed by atoms with Crippen LogP contribution in [0.1, 0.15) is 5.69 Å². The van der Waals surface area contributed by atoms with Crippen LogP contribution in [0.15, 0.2) is 18.3 Å². The summed E-state index contributed by atoms with van der Waals surface area (Å²) in [5.74, 6) is -1.85. The van der Waals surface area contributed by atoms with E-state index in [0.29, 0.717) is 0 Å². The number of aromatic nitrogens is 1. The molecule has 1 aromatic rings. The van der Waals surface area contributed by atoms with Crippen LogP contribution in [0, 0.1) is 0 Å². The standard InChI is InChI=1S/C8H6F3NO3.Na/c9-8(10,11)15-6-2-1-5(12-4-6)3-7(13)14;/h1-2,4H,3H2,(H,13,14);/q;+1/p-1. The molecule has 0 amide bonds. The number of halogens is 3. The Morgan fingerprint density at radius 1 is 1.44 bits per heavy atom. The maximum absolute atomic E-state index is 11.7. The van der Waals surface area contributed by atoms with Crippen molar-refractivity contribution in [3.8, 4) is 5.75 Å².